The fourth-order valence-electron chi connectivity index (χ4n) is 2.20. The Bertz CT molecular complexity index is 826. The van der Waals surface area contributed by atoms with Crippen molar-refractivity contribution in [2.24, 2.45) is 0 Å². The van der Waals surface area contributed by atoms with E-state index in [1.807, 2.05) is 31.2 Å². The number of halogens is 3. The summed E-state index contributed by atoms with van der Waals surface area (Å²) in [5, 5.41) is 0. The molecule has 0 aliphatic carbocycles. The first-order chi connectivity index (χ1) is 10.5. The highest BCUT2D eigenvalue weighted by atomic mass is 19.2. The van der Waals surface area contributed by atoms with Gasteiger partial charge in [-0.2, -0.15) is 0 Å². The Morgan fingerprint density at radius 2 is 1.32 bits per heavy atom. The predicted molar refractivity (Wildman–Crippen MR) is 79.7 cm³/mol. The summed E-state index contributed by atoms with van der Waals surface area (Å²) < 4.78 is 40.5. The van der Waals surface area contributed by atoms with Gasteiger partial charge in [-0.1, -0.05) is 29.8 Å². The fourth-order valence-corrected chi connectivity index (χ4v) is 2.20. The number of hydrogen-bond acceptors (Lipinski definition) is 1. The van der Waals surface area contributed by atoms with Gasteiger partial charge >= 0.3 is 0 Å². The summed E-state index contributed by atoms with van der Waals surface area (Å²) in [5.41, 5.74) is 2.77. The zero-order valence-electron chi connectivity index (χ0n) is 11.8. The van der Waals surface area contributed by atoms with Crippen LogP contribution in [0.4, 0.5) is 13.2 Å². The Labute approximate surface area is 126 Å². The topological polar surface area (TPSA) is 12.9 Å². The average Bonchev–Trinajstić information content (AvgIpc) is 2.51. The summed E-state index contributed by atoms with van der Waals surface area (Å²) >= 11 is 0. The van der Waals surface area contributed by atoms with Crippen LogP contribution in [0.3, 0.4) is 0 Å². The minimum atomic E-state index is -1.03. The van der Waals surface area contributed by atoms with Gasteiger partial charge in [-0.05, 0) is 36.8 Å². The van der Waals surface area contributed by atoms with Crippen molar-refractivity contribution in [3.63, 3.8) is 0 Å². The van der Waals surface area contributed by atoms with Gasteiger partial charge in [0.15, 0.2) is 11.6 Å². The molecule has 3 rings (SSSR count). The van der Waals surface area contributed by atoms with Crippen molar-refractivity contribution in [1.82, 2.24) is 4.98 Å². The van der Waals surface area contributed by atoms with Crippen molar-refractivity contribution in [3.8, 4) is 22.4 Å². The van der Waals surface area contributed by atoms with Crippen LogP contribution in [0.25, 0.3) is 22.4 Å². The van der Waals surface area contributed by atoms with Gasteiger partial charge in [-0.3, -0.25) is 4.98 Å². The maximum absolute atomic E-state index is 14.3. The van der Waals surface area contributed by atoms with E-state index in [2.05, 4.69) is 4.98 Å². The number of aryl methyl sites for hydroxylation is 1. The Morgan fingerprint density at radius 3 is 1.95 bits per heavy atom. The van der Waals surface area contributed by atoms with E-state index in [1.165, 1.54) is 18.3 Å². The third-order valence-corrected chi connectivity index (χ3v) is 3.42. The third-order valence-electron chi connectivity index (χ3n) is 3.42. The van der Waals surface area contributed by atoms with E-state index >= 15 is 0 Å². The van der Waals surface area contributed by atoms with Crippen LogP contribution in [0.5, 0.6) is 0 Å². The van der Waals surface area contributed by atoms with Crippen molar-refractivity contribution in [2.45, 2.75) is 6.92 Å². The molecule has 3 aromatic rings. The van der Waals surface area contributed by atoms with Crippen molar-refractivity contribution in [1.29, 1.82) is 0 Å². The second kappa shape index (κ2) is 5.64. The standard InChI is InChI=1S/C18H12F3N/c1-11-2-4-12(5-3-11)14-9-17(21)18(22-10-14)13-6-7-15(19)16(20)8-13/h2-10H,1H3. The number of benzene rings is 2. The zero-order valence-corrected chi connectivity index (χ0v) is 11.8. The smallest absolute Gasteiger partial charge is 0.159 e. The fraction of sp³-hybridized carbons (Fsp3) is 0.0556. The van der Waals surface area contributed by atoms with Gasteiger partial charge < -0.3 is 0 Å². The van der Waals surface area contributed by atoms with E-state index in [9.17, 15) is 13.2 Å². The van der Waals surface area contributed by atoms with Crippen LogP contribution in [0, 0.1) is 24.4 Å². The molecular formula is C18H12F3N. The lowest BCUT2D eigenvalue weighted by atomic mass is 10.0. The monoisotopic (exact) mass is 299 g/mol. The van der Waals surface area contributed by atoms with Crippen LogP contribution < -0.4 is 0 Å². The molecule has 110 valence electrons. The first-order valence-corrected chi connectivity index (χ1v) is 6.72. The lowest BCUT2D eigenvalue weighted by Gasteiger charge is -2.07. The average molecular weight is 299 g/mol. The lowest BCUT2D eigenvalue weighted by molar-refractivity contribution is 0.509. The molecule has 1 nitrogen and oxygen atoms in total. The van der Waals surface area contributed by atoms with Crippen LogP contribution in [0.1, 0.15) is 5.56 Å². The molecule has 0 N–H and O–H groups in total. The van der Waals surface area contributed by atoms with Gasteiger partial charge in [0.2, 0.25) is 0 Å². The lowest BCUT2D eigenvalue weighted by Crippen LogP contribution is -1.93. The van der Waals surface area contributed by atoms with Gasteiger partial charge in [-0.15, -0.1) is 0 Å². The van der Waals surface area contributed by atoms with E-state index in [0.29, 0.717) is 5.56 Å². The molecule has 4 heteroatoms. The summed E-state index contributed by atoms with van der Waals surface area (Å²) in [5.74, 6) is -2.58. The molecule has 0 bridgehead atoms. The molecule has 0 fully saturated rings. The molecule has 0 radical (unpaired) electrons. The van der Waals surface area contributed by atoms with Crippen molar-refractivity contribution < 1.29 is 13.2 Å². The van der Waals surface area contributed by atoms with E-state index in [0.717, 1.165) is 23.3 Å². The highest BCUT2D eigenvalue weighted by Gasteiger charge is 2.11. The molecule has 0 amide bonds. The summed E-state index contributed by atoms with van der Waals surface area (Å²) in [4.78, 5) is 4.05. The van der Waals surface area contributed by atoms with Crippen molar-refractivity contribution in [2.75, 3.05) is 0 Å². The van der Waals surface area contributed by atoms with Crippen LogP contribution in [0.15, 0.2) is 54.7 Å². The van der Waals surface area contributed by atoms with E-state index in [1.54, 1.807) is 0 Å². The highest BCUT2D eigenvalue weighted by molar-refractivity contribution is 5.67. The van der Waals surface area contributed by atoms with E-state index in [-0.39, 0.29) is 11.3 Å². The Morgan fingerprint density at radius 1 is 0.682 bits per heavy atom. The normalized spacial score (nSPS) is 10.7. The van der Waals surface area contributed by atoms with Gasteiger partial charge in [0.25, 0.3) is 0 Å². The number of rotatable bonds is 2. The summed E-state index contributed by atoms with van der Waals surface area (Å²) in [7, 11) is 0. The molecule has 0 aliphatic rings. The third kappa shape index (κ3) is 2.72. The second-order valence-electron chi connectivity index (χ2n) is 5.05. The summed E-state index contributed by atoms with van der Waals surface area (Å²) in [6.45, 7) is 1.97. The minimum Gasteiger partial charge on any atom is -0.253 e. The Kier molecular flexibility index (Phi) is 3.67. The zero-order chi connectivity index (χ0) is 15.7. The van der Waals surface area contributed by atoms with Crippen LogP contribution in [0.2, 0.25) is 0 Å². The quantitative estimate of drug-likeness (QED) is 0.638. The number of nitrogens with zero attached hydrogens (tertiary/aromatic N) is 1. The van der Waals surface area contributed by atoms with Crippen LogP contribution >= 0.6 is 0 Å². The molecule has 0 saturated carbocycles. The van der Waals surface area contributed by atoms with Gasteiger partial charge in [0, 0.05) is 17.3 Å². The van der Waals surface area contributed by atoms with Crippen LogP contribution in [-0.2, 0) is 0 Å². The number of hydrogen-bond donors (Lipinski definition) is 0. The molecule has 1 aromatic heterocycles. The van der Waals surface area contributed by atoms with Crippen LogP contribution in [-0.4, -0.2) is 4.98 Å². The first-order valence-electron chi connectivity index (χ1n) is 6.72. The molecule has 2 aromatic carbocycles. The number of pyridine rings is 1. The van der Waals surface area contributed by atoms with Crippen molar-refractivity contribution >= 4 is 0 Å². The predicted octanol–water partition coefficient (Wildman–Crippen LogP) is 5.14. The molecule has 0 atom stereocenters. The van der Waals surface area contributed by atoms with Gasteiger partial charge in [0.1, 0.15) is 11.5 Å². The van der Waals surface area contributed by atoms with E-state index < -0.39 is 17.5 Å². The molecule has 0 saturated heterocycles. The molecule has 22 heavy (non-hydrogen) atoms. The molecule has 0 unspecified atom stereocenters. The van der Waals surface area contributed by atoms with Gasteiger partial charge in [-0.25, -0.2) is 13.2 Å². The number of aromatic nitrogens is 1. The SMILES string of the molecule is Cc1ccc(-c2cnc(-c3ccc(F)c(F)c3)c(F)c2)cc1. The summed E-state index contributed by atoms with van der Waals surface area (Å²) in [6, 6.07) is 12.1. The maximum Gasteiger partial charge on any atom is 0.159 e. The highest BCUT2D eigenvalue weighted by Crippen LogP contribution is 2.26. The molecule has 0 aliphatic heterocycles. The Balaban J connectivity index is 2.01. The molecule has 1 heterocycles. The molecule has 0 spiro atoms. The van der Waals surface area contributed by atoms with Gasteiger partial charge in [0.05, 0.1) is 0 Å². The van der Waals surface area contributed by atoms with E-state index in [4.69, 9.17) is 0 Å². The minimum absolute atomic E-state index is 0.00485. The Hall–Kier alpha value is -2.62. The first kappa shape index (κ1) is 14.3. The summed E-state index contributed by atoms with van der Waals surface area (Å²) in [6.07, 6.45) is 1.52. The molecular weight excluding hydrogens is 287 g/mol. The maximum atomic E-state index is 14.3. The van der Waals surface area contributed by atoms with Crippen molar-refractivity contribution in [3.05, 3.63) is 77.7 Å². The second-order valence-corrected chi connectivity index (χ2v) is 5.05. The largest absolute Gasteiger partial charge is 0.253 e.